The predicted octanol–water partition coefficient (Wildman–Crippen LogP) is 4.94. The van der Waals surface area contributed by atoms with E-state index >= 15 is 0 Å². The number of carbonyl (C=O) groups is 1. The average Bonchev–Trinajstić information content (AvgIpc) is 2.79. The van der Waals surface area contributed by atoms with Gasteiger partial charge in [0.25, 0.3) is 0 Å². The van der Waals surface area contributed by atoms with Crippen LogP contribution in [-0.4, -0.2) is 5.91 Å². The van der Waals surface area contributed by atoms with Gasteiger partial charge < -0.3 is 5.32 Å². The van der Waals surface area contributed by atoms with Crippen LogP contribution in [0.1, 0.15) is 34.9 Å². The molecule has 0 unspecified atom stereocenters. The van der Waals surface area contributed by atoms with Crippen molar-refractivity contribution in [1.29, 1.82) is 0 Å². The van der Waals surface area contributed by atoms with Gasteiger partial charge in [-0.2, -0.15) is 0 Å². The monoisotopic (exact) mass is 313 g/mol. The number of fused-ring (bicyclic) bond motifs is 1. The van der Waals surface area contributed by atoms with E-state index < -0.39 is 0 Å². The van der Waals surface area contributed by atoms with Crippen molar-refractivity contribution in [2.24, 2.45) is 0 Å². The van der Waals surface area contributed by atoms with Crippen LogP contribution in [0.5, 0.6) is 0 Å². The Labute approximate surface area is 142 Å². The summed E-state index contributed by atoms with van der Waals surface area (Å²) in [6.07, 6.45) is 0.484. The van der Waals surface area contributed by atoms with Crippen LogP contribution in [0.2, 0.25) is 0 Å². The number of anilines is 1. The molecule has 0 fully saturated rings. The van der Waals surface area contributed by atoms with E-state index in [1.54, 1.807) is 0 Å². The number of amides is 1. The molecule has 1 N–H and O–H groups in total. The summed E-state index contributed by atoms with van der Waals surface area (Å²) in [6.45, 7) is 0. The Hall–Kier alpha value is -2.87. The average molecular weight is 313 g/mol. The van der Waals surface area contributed by atoms with Crippen LogP contribution in [0.25, 0.3) is 0 Å². The summed E-state index contributed by atoms with van der Waals surface area (Å²) in [4.78, 5) is 12.5. The summed E-state index contributed by atoms with van der Waals surface area (Å²) in [5.41, 5.74) is 4.56. The Morgan fingerprint density at radius 3 is 2.00 bits per heavy atom. The SMILES string of the molecule is O=C1C[C@H](c2ccccc2)[C@H](c2ccccc2)c2ccccc2N1. The van der Waals surface area contributed by atoms with Crippen LogP contribution < -0.4 is 5.32 Å². The van der Waals surface area contributed by atoms with E-state index in [1.165, 1.54) is 16.7 Å². The van der Waals surface area contributed by atoms with Gasteiger partial charge in [-0.3, -0.25) is 4.79 Å². The van der Waals surface area contributed by atoms with Crippen LogP contribution in [0.3, 0.4) is 0 Å². The third kappa shape index (κ3) is 2.71. The van der Waals surface area contributed by atoms with Gasteiger partial charge in [0.2, 0.25) is 5.91 Å². The second-order valence-corrected chi connectivity index (χ2v) is 6.25. The molecule has 2 atom stereocenters. The second kappa shape index (κ2) is 6.32. The van der Waals surface area contributed by atoms with E-state index in [0.29, 0.717) is 6.42 Å². The standard InChI is InChI=1S/C22H19NO/c24-21-15-19(16-9-3-1-4-10-16)22(17-11-5-2-6-12-17)18-13-7-8-14-20(18)23-21/h1-14,19,22H,15H2,(H,23,24)/t19-,22-/m1/s1. The lowest BCUT2D eigenvalue weighted by molar-refractivity contribution is -0.116. The summed E-state index contributed by atoms with van der Waals surface area (Å²) < 4.78 is 0. The fraction of sp³-hybridized carbons (Fsp3) is 0.136. The zero-order valence-electron chi connectivity index (χ0n) is 13.4. The Balaban J connectivity index is 1.92. The summed E-state index contributed by atoms with van der Waals surface area (Å²) in [5, 5.41) is 3.08. The van der Waals surface area contributed by atoms with E-state index in [1.807, 2.05) is 42.5 Å². The zero-order valence-corrected chi connectivity index (χ0v) is 13.4. The third-order valence-electron chi connectivity index (χ3n) is 4.76. The lowest BCUT2D eigenvalue weighted by Gasteiger charge is -2.26. The number of hydrogen-bond acceptors (Lipinski definition) is 1. The van der Waals surface area contributed by atoms with Crippen LogP contribution in [0.4, 0.5) is 5.69 Å². The molecule has 1 aliphatic rings. The zero-order chi connectivity index (χ0) is 16.4. The minimum absolute atomic E-state index is 0.0785. The van der Waals surface area contributed by atoms with Gasteiger partial charge in [0.1, 0.15) is 0 Å². The molecule has 1 heterocycles. The Kier molecular flexibility index (Phi) is 3.87. The summed E-state index contributed by atoms with van der Waals surface area (Å²) in [7, 11) is 0. The highest BCUT2D eigenvalue weighted by Crippen LogP contribution is 2.45. The Morgan fingerprint density at radius 1 is 0.708 bits per heavy atom. The predicted molar refractivity (Wildman–Crippen MR) is 97.2 cm³/mol. The molecule has 2 nitrogen and oxygen atoms in total. The summed E-state index contributed by atoms with van der Waals surface area (Å²) in [5.74, 6) is 0.357. The first-order chi connectivity index (χ1) is 11.8. The Morgan fingerprint density at radius 2 is 1.29 bits per heavy atom. The van der Waals surface area contributed by atoms with Gasteiger partial charge in [0.15, 0.2) is 0 Å². The highest BCUT2D eigenvalue weighted by Gasteiger charge is 2.32. The topological polar surface area (TPSA) is 29.1 Å². The van der Waals surface area contributed by atoms with Crippen LogP contribution in [-0.2, 0) is 4.79 Å². The third-order valence-corrected chi connectivity index (χ3v) is 4.76. The number of nitrogens with one attached hydrogen (secondary N) is 1. The van der Waals surface area contributed by atoms with Crippen molar-refractivity contribution in [1.82, 2.24) is 0 Å². The smallest absolute Gasteiger partial charge is 0.225 e. The van der Waals surface area contributed by atoms with E-state index in [0.717, 1.165) is 5.69 Å². The number of rotatable bonds is 2. The van der Waals surface area contributed by atoms with Crippen molar-refractivity contribution in [2.75, 3.05) is 5.32 Å². The number of benzene rings is 3. The lowest BCUT2D eigenvalue weighted by atomic mass is 9.76. The number of hydrogen-bond donors (Lipinski definition) is 1. The molecule has 0 aromatic heterocycles. The molecule has 0 bridgehead atoms. The largest absolute Gasteiger partial charge is 0.326 e. The maximum absolute atomic E-state index is 12.5. The van der Waals surface area contributed by atoms with Crippen LogP contribution in [0.15, 0.2) is 84.9 Å². The van der Waals surface area contributed by atoms with Gasteiger partial charge in [-0.25, -0.2) is 0 Å². The van der Waals surface area contributed by atoms with Crippen LogP contribution in [0, 0.1) is 0 Å². The van der Waals surface area contributed by atoms with E-state index in [2.05, 4.69) is 47.8 Å². The van der Waals surface area contributed by atoms with Crippen molar-refractivity contribution in [2.45, 2.75) is 18.3 Å². The molecule has 2 heteroatoms. The Bertz CT molecular complexity index is 842. The molecule has 0 radical (unpaired) electrons. The molecule has 0 aliphatic carbocycles. The molecule has 3 aromatic rings. The van der Waals surface area contributed by atoms with Gasteiger partial charge in [-0.05, 0) is 22.8 Å². The van der Waals surface area contributed by atoms with E-state index in [9.17, 15) is 4.79 Å². The molecule has 24 heavy (non-hydrogen) atoms. The van der Waals surface area contributed by atoms with Gasteiger partial charge in [-0.1, -0.05) is 78.9 Å². The van der Waals surface area contributed by atoms with Gasteiger partial charge >= 0.3 is 0 Å². The lowest BCUT2D eigenvalue weighted by Crippen LogP contribution is -2.15. The highest BCUT2D eigenvalue weighted by atomic mass is 16.1. The first kappa shape index (κ1) is 14.7. The maximum Gasteiger partial charge on any atom is 0.225 e. The fourth-order valence-corrected chi connectivity index (χ4v) is 3.70. The molecule has 118 valence electrons. The van der Waals surface area contributed by atoms with Crippen LogP contribution >= 0.6 is 0 Å². The molecule has 0 spiro atoms. The summed E-state index contributed by atoms with van der Waals surface area (Å²) >= 11 is 0. The highest BCUT2D eigenvalue weighted by molar-refractivity contribution is 5.93. The second-order valence-electron chi connectivity index (χ2n) is 6.25. The van der Waals surface area contributed by atoms with Crippen molar-refractivity contribution in [3.63, 3.8) is 0 Å². The van der Waals surface area contributed by atoms with E-state index in [4.69, 9.17) is 0 Å². The molecule has 3 aromatic carbocycles. The van der Waals surface area contributed by atoms with Crippen molar-refractivity contribution in [3.05, 3.63) is 102 Å². The summed E-state index contributed by atoms with van der Waals surface area (Å²) in [6, 6.07) is 29.0. The molecule has 4 rings (SSSR count). The minimum Gasteiger partial charge on any atom is -0.326 e. The van der Waals surface area contributed by atoms with E-state index in [-0.39, 0.29) is 17.7 Å². The first-order valence-electron chi connectivity index (χ1n) is 8.31. The molecular weight excluding hydrogens is 294 g/mol. The molecule has 0 saturated carbocycles. The van der Waals surface area contributed by atoms with Crippen molar-refractivity contribution >= 4 is 11.6 Å². The quantitative estimate of drug-likeness (QED) is 0.713. The normalized spacial score (nSPS) is 19.9. The molecular formula is C22H19NO. The van der Waals surface area contributed by atoms with Crippen molar-refractivity contribution < 1.29 is 4.79 Å². The van der Waals surface area contributed by atoms with Crippen molar-refractivity contribution in [3.8, 4) is 0 Å². The van der Waals surface area contributed by atoms with Gasteiger partial charge in [0.05, 0.1) is 0 Å². The van der Waals surface area contributed by atoms with Gasteiger partial charge in [-0.15, -0.1) is 0 Å². The molecule has 1 aliphatic heterocycles. The minimum atomic E-state index is 0.0785. The number of para-hydroxylation sites is 1. The fourth-order valence-electron chi connectivity index (χ4n) is 3.70. The molecule has 0 saturated heterocycles. The number of carbonyl (C=O) groups excluding carboxylic acids is 1. The van der Waals surface area contributed by atoms with Gasteiger partial charge in [0, 0.05) is 23.9 Å². The maximum atomic E-state index is 12.5. The molecule has 1 amide bonds. The first-order valence-corrected chi connectivity index (χ1v) is 8.31.